The Morgan fingerprint density at radius 1 is 1.00 bits per heavy atom. The molecule has 0 spiro atoms. The summed E-state index contributed by atoms with van der Waals surface area (Å²) >= 11 is 0. The van der Waals surface area contributed by atoms with E-state index in [2.05, 4.69) is 19.6 Å². The number of carbonyl (C=O) groups excluding carboxylic acids is 1. The summed E-state index contributed by atoms with van der Waals surface area (Å²) in [5.41, 5.74) is 0. The second-order valence-corrected chi connectivity index (χ2v) is 3.05. The van der Waals surface area contributed by atoms with Crippen molar-refractivity contribution in [2.75, 3.05) is 0 Å². The van der Waals surface area contributed by atoms with Crippen LogP contribution in [-0.4, -0.2) is 18.4 Å². The zero-order chi connectivity index (χ0) is 11.0. The maximum atomic E-state index is 10.8. The van der Waals surface area contributed by atoms with Crippen LogP contribution in [0.4, 0.5) is 4.79 Å². The predicted molar refractivity (Wildman–Crippen MR) is 49.2 cm³/mol. The zero-order valence-corrected chi connectivity index (χ0v) is 9.11. The van der Waals surface area contributed by atoms with E-state index in [-0.39, 0.29) is 12.2 Å². The van der Waals surface area contributed by atoms with Crippen LogP contribution in [0.2, 0.25) is 0 Å². The molecule has 0 aromatic carbocycles. The van der Waals surface area contributed by atoms with Crippen LogP contribution in [0.3, 0.4) is 0 Å². The molecule has 2 atom stereocenters. The third-order valence-corrected chi connectivity index (χ3v) is 1.71. The Balaban J connectivity index is 3.46. The van der Waals surface area contributed by atoms with Gasteiger partial charge in [0.15, 0.2) is 0 Å². The van der Waals surface area contributed by atoms with Gasteiger partial charge in [0.05, 0.1) is 0 Å². The van der Waals surface area contributed by atoms with Crippen LogP contribution in [0.5, 0.6) is 0 Å². The van der Waals surface area contributed by atoms with Gasteiger partial charge in [-0.05, 0) is 26.7 Å². The highest BCUT2D eigenvalue weighted by atomic mass is 17.3. The van der Waals surface area contributed by atoms with Gasteiger partial charge in [-0.1, -0.05) is 13.8 Å². The van der Waals surface area contributed by atoms with Crippen molar-refractivity contribution in [2.45, 2.75) is 52.7 Å². The number of rotatable bonds is 6. The summed E-state index contributed by atoms with van der Waals surface area (Å²) in [6.07, 6.45) is 0.224. The average molecular weight is 206 g/mol. The fraction of sp³-hybridized carbons (Fsp3) is 0.889. The molecule has 0 aliphatic carbocycles. The van der Waals surface area contributed by atoms with Gasteiger partial charge in [-0.3, -0.25) is 9.78 Å². The molecule has 84 valence electrons. The van der Waals surface area contributed by atoms with Crippen LogP contribution >= 0.6 is 0 Å². The molecule has 0 fully saturated rings. The molecule has 0 aromatic heterocycles. The summed E-state index contributed by atoms with van der Waals surface area (Å²) in [4.78, 5) is 28.7. The van der Waals surface area contributed by atoms with Crippen LogP contribution in [0.1, 0.15) is 40.5 Å². The van der Waals surface area contributed by atoms with Crippen molar-refractivity contribution in [1.29, 1.82) is 0 Å². The van der Waals surface area contributed by atoms with Gasteiger partial charge in [-0.25, -0.2) is 0 Å². The Morgan fingerprint density at radius 2 is 1.36 bits per heavy atom. The van der Waals surface area contributed by atoms with E-state index < -0.39 is 6.16 Å². The third-order valence-electron chi connectivity index (χ3n) is 1.71. The lowest BCUT2D eigenvalue weighted by Crippen LogP contribution is -2.16. The molecule has 0 saturated heterocycles. The van der Waals surface area contributed by atoms with Gasteiger partial charge in [0.25, 0.3) is 0 Å². The van der Waals surface area contributed by atoms with Gasteiger partial charge < -0.3 is 0 Å². The Morgan fingerprint density at radius 3 is 1.64 bits per heavy atom. The van der Waals surface area contributed by atoms with Gasteiger partial charge in [0.2, 0.25) is 0 Å². The minimum Gasteiger partial charge on any atom is -0.257 e. The first-order valence-corrected chi connectivity index (χ1v) is 4.80. The van der Waals surface area contributed by atoms with Crippen molar-refractivity contribution in [3.8, 4) is 0 Å². The molecule has 2 unspecified atom stereocenters. The van der Waals surface area contributed by atoms with E-state index in [0.29, 0.717) is 0 Å². The van der Waals surface area contributed by atoms with Crippen LogP contribution in [0, 0.1) is 0 Å². The summed E-state index contributed by atoms with van der Waals surface area (Å²) in [5, 5.41) is 0. The fourth-order valence-electron chi connectivity index (χ4n) is 0.393. The largest absolute Gasteiger partial charge is 0.573 e. The normalized spacial score (nSPS) is 14.6. The molecule has 0 aliphatic rings. The molecular weight excluding hydrogens is 188 g/mol. The molecular formula is C9H18O5. The summed E-state index contributed by atoms with van der Waals surface area (Å²) in [6, 6.07) is 0. The van der Waals surface area contributed by atoms with E-state index in [1.54, 1.807) is 13.8 Å². The quantitative estimate of drug-likeness (QED) is 0.494. The standard InChI is InChI=1S/C9H18O5/c1-5-7(3)11-13-9(10)14-12-8(4)6-2/h7-8H,5-6H2,1-4H3. The lowest BCUT2D eigenvalue weighted by molar-refractivity contribution is -0.344. The zero-order valence-electron chi connectivity index (χ0n) is 9.11. The number of hydrogen-bond donors (Lipinski definition) is 0. The van der Waals surface area contributed by atoms with Crippen LogP contribution < -0.4 is 0 Å². The second-order valence-electron chi connectivity index (χ2n) is 3.05. The molecule has 0 N–H and O–H groups in total. The monoisotopic (exact) mass is 206 g/mol. The predicted octanol–water partition coefficient (Wildman–Crippen LogP) is 2.60. The molecule has 5 heteroatoms. The van der Waals surface area contributed by atoms with E-state index in [4.69, 9.17) is 0 Å². The molecule has 0 rings (SSSR count). The SMILES string of the molecule is CCC(C)OOC(=O)OOC(C)CC. The smallest absolute Gasteiger partial charge is 0.257 e. The van der Waals surface area contributed by atoms with Crippen molar-refractivity contribution in [3.05, 3.63) is 0 Å². The van der Waals surface area contributed by atoms with Gasteiger partial charge in [0, 0.05) is 0 Å². The molecule has 0 radical (unpaired) electrons. The van der Waals surface area contributed by atoms with Gasteiger partial charge >= 0.3 is 6.16 Å². The van der Waals surface area contributed by atoms with E-state index in [1.807, 2.05) is 13.8 Å². The first-order valence-electron chi connectivity index (χ1n) is 4.80. The molecule has 0 amide bonds. The second kappa shape index (κ2) is 7.58. The molecule has 0 aromatic rings. The number of hydrogen-bond acceptors (Lipinski definition) is 5. The van der Waals surface area contributed by atoms with Crippen molar-refractivity contribution in [1.82, 2.24) is 0 Å². The Hall–Kier alpha value is -0.810. The first-order chi connectivity index (χ1) is 6.60. The topological polar surface area (TPSA) is 54.0 Å². The van der Waals surface area contributed by atoms with Crippen LogP contribution in [0.25, 0.3) is 0 Å². The minimum absolute atomic E-state index is 0.147. The Labute approximate surface area is 84.1 Å². The van der Waals surface area contributed by atoms with Crippen molar-refractivity contribution in [3.63, 3.8) is 0 Å². The van der Waals surface area contributed by atoms with Gasteiger partial charge in [-0.2, -0.15) is 14.6 Å². The van der Waals surface area contributed by atoms with Gasteiger partial charge in [0.1, 0.15) is 12.2 Å². The Kier molecular flexibility index (Phi) is 7.14. The average Bonchev–Trinajstić information content (AvgIpc) is 2.22. The van der Waals surface area contributed by atoms with Crippen LogP contribution in [-0.2, 0) is 19.6 Å². The molecule has 0 heterocycles. The molecule has 0 aliphatic heterocycles. The summed E-state index contributed by atoms with van der Waals surface area (Å²) in [6.45, 7) is 7.38. The van der Waals surface area contributed by atoms with Crippen molar-refractivity contribution < 1.29 is 24.3 Å². The van der Waals surface area contributed by atoms with Crippen LogP contribution in [0.15, 0.2) is 0 Å². The van der Waals surface area contributed by atoms with E-state index in [0.717, 1.165) is 12.8 Å². The maximum absolute atomic E-state index is 10.8. The van der Waals surface area contributed by atoms with Crippen molar-refractivity contribution >= 4 is 6.16 Å². The highest BCUT2D eigenvalue weighted by Crippen LogP contribution is 2.01. The first kappa shape index (κ1) is 13.2. The van der Waals surface area contributed by atoms with E-state index >= 15 is 0 Å². The van der Waals surface area contributed by atoms with Crippen molar-refractivity contribution in [2.24, 2.45) is 0 Å². The molecule has 14 heavy (non-hydrogen) atoms. The fourth-order valence-corrected chi connectivity index (χ4v) is 0.393. The van der Waals surface area contributed by atoms with E-state index in [1.165, 1.54) is 0 Å². The highest BCUT2D eigenvalue weighted by molar-refractivity contribution is 5.58. The minimum atomic E-state index is -0.981. The maximum Gasteiger partial charge on any atom is 0.573 e. The lowest BCUT2D eigenvalue weighted by Gasteiger charge is -2.10. The molecule has 0 saturated carbocycles. The molecule has 0 bridgehead atoms. The number of carbonyl (C=O) groups is 1. The Bertz CT molecular complexity index is 143. The van der Waals surface area contributed by atoms with Gasteiger partial charge in [-0.15, -0.1) is 0 Å². The van der Waals surface area contributed by atoms with E-state index in [9.17, 15) is 4.79 Å². The summed E-state index contributed by atoms with van der Waals surface area (Å²) < 4.78 is 0. The third kappa shape index (κ3) is 6.68. The summed E-state index contributed by atoms with van der Waals surface area (Å²) in [5.74, 6) is 0. The molecule has 5 nitrogen and oxygen atoms in total. The summed E-state index contributed by atoms with van der Waals surface area (Å²) in [7, 11) is 0. The highest BCUT2D eigenvalue weighted by Gasteiger charge is 2.11. The lowest BCUT2D eigenvalue weighted by atomic mass is 10.3.